The maximum atomic E-state index is 5.48. The molecule has 0 spiro atoms. The van der Waals surface area contributed by atoms with E-state index >= 15 is 0 Å². The largest absolute Gasteiger partial charge is 0.496 e. The second-order valence-corrected chi connectivity index (χ2v) is 6.06. The number of ether oxygens (including phenoxy) is 1. The summed E-state index contributed by atoms with van der Waals surface area (Å²) in [6.07, 6.45) is 1.02. The summed E-state index contributed by atoms with van der Waals surface area (Å²) in [5, 5.41) is 3.70. The molecular formula is C18H22BrNO. The molecule has 2 aromatic carbocycles. The van der Waals surface area contributed by atoms with Gasteiger partial charge < -0.3 is 10.1 Å². The van der Waals surface area contributed by atoms with Crippen LogP contribution in [-0.2, 0) is 0 Å². The van der Waals surface area contributed by atoms with Gasteiger partial charge in [-0.25, -0.2) is 0 Å². The number of halogens is 1. The van der Waals surface area contributed by atoms with Crippen molar-refractivity contribution >= 4 is 15.9 Å². The Morgan fingerprint density at radius 2 is 1.76 bits per heavy atom. The summed E-state index contributed by atoms with van der Waals surface area (Å²) in [7, 11) is 1.73. The van der Waals surface area contributed by atoms with E-state index in [0.717, 1.165) is 16.6 Å². The Hall–Kier alpha value is -1.32. The second-order valence-electron chi connectivity index (χ2n) is 5.14. The molecule has 0 aliphatic rings. The summed E-state index contributed by atoms with van der Waals surface area (Å²) in [5.41, 5.74) is 2.50. The van der Waals surface area contributed by atoms with Crippen LogP contribution in [0.3, 0.4) is 0 Å². The van der Waals surface area contributed by atoms with Crippen molar-refractivity contribution in [3.05, 3.63) is 64.1 Å². The van der Waals surface area contributed by atoms with Crippen molar-refractivity contribution in [3.63, 3.8) is 0 Å². The molecule has 21 heavy (non-hydrogen) atoms. The molecule has 2 nitrogen and oxygen atoms in total. The van der Waals surface area contributed by atoms with E-state index in [1.165, 1.54) is 11.1 Å². The van der Waals surface area contributed by atoms with Gasteiger partial charge >= 0.3 is 0 Å². The van der Waals surface area contributed by atoms with E-state index in [4.69, 9.17) is 4.74 Å². The van der Waals surface area contributed by atoms with E-state index in [9.17, 15) is 0 Å². The smallest absolute Gasteiger partial charge is 0.123 e. The van der Waals surface area contributed by atoms with Crippen LogP contribution in [0.25, 0.3) is 0 Å². The third-order valence-electron chi connectivity index (χ3n) is 3.74. The maximum absolute atomic E-state index is 5.48. The molecule has 0 saturated heterocycles. The van der Waals surface area contributed by atoms with Crippen LogP contribution in [0.15, 0.2) is 53.0 Å². The molecule has 3 heteroatoms. The average Bonchev–Trinajstić information content (AvgIpc) is 2.53. The Labute approximate surface area is 135 Å². The fourth-order valence-electron chi connectivity index (χ4n) is 2.53. The van der Waals surface area contributed by atoms with Gasteiger partial charge in [0.25, 0.3) is 0 Å². The molecule has 0 radical (unpaired) electrons. The van der Waals surface area contributed by atoms with E-state index in [1.54, 1.807) is 7.11 Å². The van der Waals surface area contributed by atoms with E-state index in [1.807, 2.05) is 12.1 Å². The highest BCUT2D eigenvalue weighted by molar-refractivity contribution is 9.10. The Morgan fingerprint density at radius 3 is 2.38 bits per heavy atom. The number of nitrogens with one attached hydrogen (secondary N) is 1. The molecule has 0 saturated carbocycles. The van der Waals surface area contributed by atoms with Crippen molar-refractivity contribution in [2.24, 2.45) is 0 Å². The van der Waals surface area contributed by atoms with Crippen LogP contribution in [0, 0.1) is 0 Å². The molecule has 0 aliphatic carbocycles. The van der Waals surface area contributed by atoms with Gasteiger partial charge in [-0.2, -0.15) is 0 Å². The summed E-state index contributed by atoms with van der Waals surface area (Å²) in [5.74, 6) is 0.944. The monoisotopic (exact) mass is 347 g/mol. The molecule has 2 rings (SSSR count). The fraction of sp³-hybridized carbons (Fsp3) is 0.333. The van der Waals surface area contributed by atoms with Crippen molar-refractivity contribution in [1.29, 1.82) is 0 Å². The van der Waals surface area contributed by atoms with Crippen LogP contribution in [0.4, 0.5) is 0 Å². The van der Waals surface area contributed by atoms with Gasteiger partial charge in [-0.3, -0.25) is 0 Å². The predicted octanol–water partition coefficient (Wildman–Crippen LogP) is 5.26. The van der Waals surface area contributed by atoms with Gasteiger partial charge in [0.15, 0.2) is 0 Å². The number of para-hydroxylation sites is 1. The molecule has 0 aromatic heterocycles. The quantitative estimate of drug-likeness (QED) is 0.769. The first kappa shape index (κ1) is 16.1. The van der Waals surface area contributed by atoms with Gasteiger partial charge in [0, 0.05) is 22.1 Å². The first-order valence-electron chi connectivity index (χ1n) is 7.30. The third-order valence-corrected chi connectivity index (χ3v) is 4.27. The number of hydrogen-bond donors (Lipinski definition) is 1. The Bertz CT molecular complexity index is 568. The minimum atomic E-state index is 0.278. The highest BCUT2D eigenvalue weighted by Gasteiger charge is 2.16. The molecule has 0 aliphatic heterocycles. The first-order chi connectivity index (χ1) is 10.2. The molecule has 2 aromatic rings. The zero-order chi connectivity index (χ0) is 15.2. The van der Waals surface area contributed by atoms with Gasteiger partial charge in [0.1, 0.15) is 5.75 Å². The maximum Gasteiger partial charge on any atom is 0.123 e. The summed E-state index contributed by atoms with van der Waals surface area (Å²) in [6.45, 7) is 4.39. The summed E-state index contributed by atoms with van der Waals surface area (Å²) in [4.78, 5) is 0. The van der Waals surface area contributed by atoms with Crippen molar-refractivity contribution in [2.45, 2.75) is 32.4 Å². The lowest BCUT2D eigenvalue weighted by Gasteiger charge is -2.24. The van der Waals surface area contributed by atoms with E-state index in [0.29, 0.717) is 0 Å². The summed E-state index contributed by atoms with van der Waals surface area (Å²) >= 11 is 3.48. The lowest BCUT2D eigenvalue weighted by atomic mass is 10.0. The van der Waals surface area contributed by atoms with Crippen LogP contribution in [-0.4, -0.2) is 7.11 Å². The molecule has 112 valence electrons. The number of hydrogen-bond acceptors (Lipinski definition) is 2. The van der Waals surface area contributed by atoms with Crippen molar-refractivity contribution in [3.8, 4) is 5.75 Å². The molecule has 0 fully saturated rings. The van der Waals surface area contributed by atoms with E-state index in [2.05, 4.69) is 71.5 Å². The fourth-order valence-corrected chi connectivity index (χ4v) is 2.80. The van der Waals surface area contributed by atoms with Gasteiger partial charge in [0.05, 0.1) is 7.11 Å². The van der Waals surface area contributed by atoms with Gasteiger partial charge in [-0.05, 0) is 37.1 Å². The van der Waals surface area contributed by atoms with Crippen molar-refractivity contribution < 1.29 is 4.74 Å². The number of methoxy groups -OCH3 is 1. The van der Waals surface area contributed by atoms with Gasteiger partial charge in [-0.15, -0.1) is 0 Å². The SMILES string of the molecule is CCC(N[C@@H](C)c1ccc(Br)cc1)c1ccccc1OC. The number of rotatable bonds is 6. The van der Waals surface area contributed by atoms with Crippen LogP contribution in [0.2, 0.25) is 0 Å². The molecule has 1 unspecified atom stereocenters. The third kappa shape index (κ3) is 4.08. The highest BCUT2D eigenvalue weighted by Crippen LogP contribution is 2.29. The molecule has 1 N–H and O–H groups in total. The van der Waals surface area contributed by atoms with E-state index in [-0.39, 0.29) is 12.1 Å². The van der Waals surface area contributed by atoms with Crippen molar-refractivity contribution in [2.75, 3.05) is 7.11 Å². The Balaban J connectivity index is 2.16. The molecule has 0 amide bonds. The second kappa shape index (κ2) is 7.62. The molecule has 0 heterocycles. The van der Waals surface area contributed by atoms with Gasteiger partial charge in [0.2, 0.25) is 0 Å². The standard InChI is InChI=1S/C18H22BrNO/c1-4-17(16-7-5-6-8-18(16)21-3)20-13(2)14-9-11-15(19)12-10-14/h5-13,17,20H,4H2,1-3H3/t13-,17?/m0/s1. The van der Waals surface area contributed by atoms with Crippen molar-refractivity contribution in [1.82, 2.24) is 5.32 Å². The minimum Gasteiger partial charge on any atom is -0.496 e. The van der Waals surface area contributed by atoms with Gasteiger partial charge in [-0.1, -0.05) is 53.2 Å². The molecular weight excluding hydrogens is 326 g/mol. The molecule has 2 atom stereocenters. The minimum absolute atomic E-state index is 0.278. The normalized spacial score (nSPS) is 13.7. The topological polar surface area (TPSA) is 21.3 Å². The zero-order valence-electron chi connectivity index (χ0n) is 12.8. The zero-order valence-corrected chi connectivity index (χ0v) is 14.4. The lowest BCUT2D eigenvalue weighted by molar-refractivity contribution is 0.388. The van der Waals surface area contributed by atoms with E-state index < -0.39 is 0 Å². The summed E-state index contributed by atoms with van der Waals surface area (Å²) in [6, 6.07) is 17.2. The van der Waals surface area contributed by atoms with Crippen LogP contribution in [0.5, 0.6) is 5.75 Å². The van der Waals surface area contributed by atoms with Crippen LogP contribution < -0.4 is 10.1 Å². The number of benzene rings is 2. The Morgan fingerprint density at radius 1 is 1.10 bits per heavy atom. The van der Waals surface area contributed by atoms with Crippen LogP contribution in [0.1, 0.15) is 43.5 Å². The summed E-state index contributed by atoms with van der Waals surface area (Å²) < 4.78 is 6.59. The first-order valence-corrected chi connectivity index (χ1v) is 8.09. The lowest BCUT2D eigenvalue weighted by Crippen LogP contribution is -2.24. The Kier molecular flexibility index (Phi) is 5.83. The average molecular weight is 348 g/mol. The highest BCUT2D eigenvalue weighted by atomic mass is 79.9. The predicted molar refractivity (Wildman–Crippen MR) is 91.7 cm³/mol. The molecule has 0 bridgehead atoms. The van der Waals surface area contributed by atoms with Crippen LogP contribution >= 0.6 is 15.9 Å².